The molecule has 4 rings (SSSR count). The van der Waals surface area contributed by atoms with Gasteiger partial charge in [0.1, 0.15) is 0 Å². The monoisotopic (exact) mass is 457 g/mol. The molecule has 0 aliphatic heterocycles. The van der Waals surface area contributed by atoms with Crippen LogP contribution in [0.15, 0.2) is 59.6 Å². The Bertz CT molecular complexity index is 864. The molecule has 0 bridgehead atoms. The van der Waals surface area contributed by atoms with Gasteiger partial charge in [0.25, 0.3) is 0 Å². The summed E-state index contributed by atoms with van der Waals surface area (Å²) in [5.74, 6) is 0. The Hall–Kier alpha value is 0.0231. The molecule has 2 atom stereocenters. The van der Waals surface area contributed by atoms with Crippen LogP contribution < -0.4 is 0 Å². The summed E-state index contributed by atoms with van der Waals surface area (Å²) in [4.78, 5) is 0. The van der Waals surface area contributed by atoms with Gasteiger partial charge in [0.05, 0.1) is 0 Å². The molecule has 0 heterocycles. The molecule has 0 spiro atoms. The molecular formula is C18H14Cl3SZr. The van der Waals surface area contributed by atoms with Crippen molar-refractivity contribution in [2.75, 3.05) is 0 Å². The molecule has 0 radical (unpaired) electrons. The van der Waals surface area contributed by atoms with E-state index >= 15 is 0 Å². The molecule has 5 heteroatoms. The second-order valence-corrected chi connectivity index (χ2v) is 34.6. The van der Waals surface area contributed by atoms with Crippen molar-refractivity contribution in [3.05, 3.63) is 81.9 Å². The van der Waals surface area contributed by atoms with Crippen molar-refractivity contribution < 1.29 is 14.9 Å². The summed E-state index contributed by atoms with van der Waals surface area (Å²) in [6, 6.07) is 16.3. The quantitative estimate of drug-likeness (QED) is 0.462. The number of rotatable bonds is 2. The van der Waals surface area contributed by atoms with E-state index in [1.54, 1.807) is 0 Å². The van der Waals surface area contributed by atoms with Gasteiger partial charge in [-0.1, -0.05) is 0 Å². The molecule has 2 aliphatic rings. The van der Waals surface area contributed by atoms with Gasteiger partial charge in [-0.05, 0) is 0 Å². The number of thiol groups is 1. The van der Waals surface area contributed by atoms with Gasteiger partial charge in [-0.3, -0.25) is 0 Å². The van der Waals surface area contributed by atoms with E-state index in [0.717, 1.165) is 16.7 Å². The van der Waals surface area contributed by atoms with Gasteiger partial charge in [-0.15, -0.1) is 0 Å². The predicted molar refractivity (Wildman–Crippen MR) is 102 cm³/mol. The zero-order valence-corrected chi connectivity index (χ0v) is 17.7. The first-order valence-corrected chi connectivity index (χ1v) is 20.7. The van der Waals surface area contributed by atoms with Gasteiger partial charge in [0.2, 0.25) is 0 Å². The molecule has 2 aromatic carbocycles. The molecule has 2 unspecified atom stereocenters. The normalized spacial score (nSPS) is 23.8. The van der Waals surface area contributed by atoms with Gasteiger partial charge in [-0.25, -0.2) is 0 Å². The number of benzene rings is 2. The molecule has 0 saturated heterocycles. The molecule has 0 N–H and O–H groups in total. The van der Waals surface area contributed by atoms with Crippen molar-refractivity contribution in [2.45, 2.75) is 7.25 Å². The summed E-state index contributed by atoms with van der Waals surface area (Å²) in [6.45, 7) is 0. The van der Waals surface area contributed by atoms with Crippen LogP contribution in [0.25, 0.3) is 12.2 Å². The summed E-state index contributed by atoms with van der Waals surface area (Å²) in [6.07, 6.45) is 6.17. The van der Waals surface area contributed by atoms with Gasteiger partial charge < -0.3 is 0 Å². The molecule has 0 fully saturated rings. The number of hydrogen-bond acceptors (Lipinski definition) is 1. The Morgan fingerprint density at radius 2 is 1.48 bits per heavy atom. The van der Waals surface area contributed by atoms with Crippen molar-refractivity contribution in [2.24, 2.45) is 0 Å². The maximum atomic E-state index is 7.22. The van der Waals surface area contributed by atoms with Gasteiger partial charge in [-0.2, -0.15) is 0 Å². The third kappa shape index (κ3) is 2.53. The Labute approximate surface area is 153 Å². The first kappa shape index (κ1) is 16.5. The van der Waals surface area contributed by atoms with Crippen LogP contribution in [0.5, 0.6) is 0 Å². The second-order valence-electron chi connectivity index (χ2n) is 6.16. The summed E-state index contributed by atoms with van der Waals surface area (Å²) in [7, 11) is 19.4. The number of fused-ring (bicyclic) bond motifs is 2. The summed E-state index contributed by atoms with van der Waals surface area (Å²) in [5, 5.41) is 0.703. The molecule has 2 aliphatic carbocycles. The van der Waals surface area contributed by atoms with Crippen LogP contribution in [0, 0.1) is 0 Å². The molecule has 2 aromatic rings. The Morgan fingerprint density at radius 3 is 2.22 bits per heavy atom. The van der Waals surface area contributed by atoms with Gasteiger partial charge in [0.15, 0.2) is 0 Å². The van der Waals surface area contributed by atoms with Gasteiger partial charge >= 0.3 is 154 Å². The van der Waals surface area contributed by atoms with E-state index in [-0.39, 0.29) is 7.25 Å². The van der Waals surface area contributed by atoms with E-state index in [1.165, 1.54) is 5.56 Å². The van der Waals surface area contributed by atoms with E-state index in [0.29, 0.717) is 5.03 Å². The van der Waals surface area contributed by atoms with E-state index in [9.17, 15) is 0 Å². The van der Waals surface area contributed by atoms with E-state index in [4.69, 9.17) is 38.0 Å². The molecule has 0 aromatic heterocycles. The minimum absolute atomic E-state index is 0.0578. The predicted octanol–water partition coefficient (Wildman–Crippen LogP) is 6.93. The number of halogens is 3. The Morgan fingerprint density at radius 1 is 0.870 bits per heavy atom. The van der Waals surface area contributed by atoms with Crippen molar-refractivity contribution in [3.63, 3.8) is 0 Å². The molecule has 0 amide bonds. The third-order valence-corrected chi connectivity index (χ3v) is 22.1. The van der Waals surface area contributed by atoms with E-state index in [2.05, 4.69) is 30.4 Å². The van der Waals surface area contributed by atoms with Crippen LogP contribution in [0.3, 0.4) is 0 Å². The fraction of sp³-hybridized carbons (Fsp3) is 0.111. The van der Waals surface area contributed by atoms with Crippen molar-refractivity contribution in [1.29, 1.82) is 0 Å². The number of hydrogen-bond donors (Lipinski definition) is 1. The number of allylic oxidation sites excluding steroid dienone is 2. The minimum atomic E-state index is -4.60. The fourth-order valence-electron chi connectivity index (χ4n) is 3.69. The topological polar surface area (TPSA) is 0 Å². The van der Waals surface area contributed by atoms with Crippen LogP contribution in [-0.2, 0) is 14.9 Å². The fourth-order valence-corrected chi connectivity index (χ4v) is 21.8. The average molecular weight is 460 g/mol. The van der Waals surface area contributed by atoms with Crippen LogP contribution in [-0.4, -0.2) is 0 Å². The van der Waals surface area contributed by atoms with E-state index in [1.807, 2.05) is 36.4 Å². The SMILES string of the molecule is [SH][Zr]([Cl])([Cl])([CH]1C=Cc2ccccc21)[CH]1C(Cl)=Cc2ccccc21. The van der Waals surface area contributed by atoms with Crippen LogP contribution in [0.4, 0.5) is 0 Å². The standard InChI is InChI=1S/C9H6Cl.C9H7.2ClH.H2S.Zr/c10-9-5-7-3-1-2-4-8(7)6-9;1-2-5-9-7-3-6-8(9)4-1;;;;/h1-6H;1-7H;2*1H;1H2;/q;;;;;+3/p-3. The second kappa shape index (κ2) is 5.51. The molecule has 0 nitrogen and oxygen atoms in total. The first-order chi connectivity index (χ1) is 10.9. The maximum absolute atomic E-state index is 7.22. The van der Waals surface area contributed by atoms with Crippen LogP contribution in [0.1, 0.15) is 29.5 Å². The van der Waals surface area contributed by atoms with Crippen molar-refractivity contribution in [3.8, 4) is 0 Å². The molecular weight excluding hydrogens is 446 g/mol. The Balaban J connectivity index is 1.88. The summed E-state index contributed by atoms with van der Waals surface area (Å²) < 4.78 is -0.251. The van der Waals surface area contributed by atoms with Crippen molar-refractivity contribution in [1.82, 2.24) is 0 Å². The third-order valence-electron chi connectivity index (χ3n) is 4.74. The molecule has 23 heavy (non-hydrogen) atoms. The van der Waals surface area contributed by atoms with E-state index < -0.39 is 14.9 Å². The summed E-state index contributed by atoms with van der Waals surface area (Å²) >= 11 is 1.99. The van der Waals surface area contributed by atoms with Crippen molar-refractivity contribution >= 4 is 50.2 Å². The van der Waals surface area contributed by atoms with Crippen LogP contribution in [0.2, 0.25) is 0 Å². The van der Waals surface area contributed by atoms with Crippen LogP contribution >= 0.6 is 38.0 Å². The molecule has 117 valence electrons. The Kier molecular flexibility index (Phi) is 3.95. The zero-order valence-electron chi connectivity index (χ0n) is 12.1. The zero-order chi connectivity index (χ0) is 16.3. The summed E-state index contributed by atoms with van der Waals surface area (Å²) in [5.41, 5.74) is 4.51. The molecule has 0 saturated carbocycles. The first-order valence-electron chi connectivity index (χ1n) is 7.42. The van der Waals surface area contributed by atoms with Gasteiger partial charge in [0, 0.05) is 0 Å². The average Bonchev–Trinajstić information content (AvgIpc) is 3.07.